The summed E-state index contributed by atoms with van der Waals surface area (Å²) in [4.78, 5) is 0. The van der Waals surface area contributed by atoms with Crippen molar-refractivity contribution in [2.24, 2.45) is 0 Å². The average molecular weight is 313 g/mol. The molecule has 0 saturated carbocycles. The third-order valence-electron chi connectivity index (χ3n) is 4.28. The van der Waals surface area contributed by atoms with Crippen LogP contribution in [0.25, 0.3) is 0 Å². The highest BCUT2D eigenvalue weighted by atomic mass is 16.5. The maximum atomic E-state index is 9.18. The van der Waals surface area contributed by atoms with Crippen LogP contribution < -0.4 is 0 Å². The van der Waals surface area contributed by atoms with Crippen molar-refractivity contribution in [2.45, 2.75) is 103 Å². The fourth-order valence-corrected chi connectivity index (χ4v) is 2.82. The van der Waals surface area contributed by atoms with Crippen molar-refractivity contribution >= 4 is 0 Å². The molecule has 2 nitrogen and oxygen atoms in total. The van der Waals surface area contributed by atoms with E-state index in [9.17, 15) is 5.11 Å². The Bertz CT molecular complexity index is 216. The Labute approximate surface area is 139 Å². The van der Waals surface area contributed by atoms with E-state index in [2.05, 4.69) is 13.5 Å². The molecule has 0 aliphatic carbocycles. The second-order valence-corrected chi connectivity index (χ2v) is 6.46. The summed E-state index contributed by atoms with van der Waals surface area (Å²) in [6, 6.07) is 0. The van der Waals surface area contributed by atoms with Gasteiger partial charge in [-0.05, 0) is 6.42 Å². The number of aliphatic hydroxyl groups excluding tert-OH is 1. The summed E-state index contributed by atoms with van der Waals surface area (Å²) in [6.07, 6.45) is 20.6. The normalized spacial score (nSPS) is 12.5. The van der Waals surface area contributed by atoms with E-state index in [0.29, 0.717) is 6.61 Å². The third kappa shape index (κ3) is 16.0. The van der Waals surface area contributed by atoms with Gasteiger partial charge in [0, 0.05) is 0 Å². The summed E-state index contributed by atoms with van der Waals surface area (Å²) in [7, 11) is 0. The smallest absolute Gasteiger partial charge is 0.0810 e. The molecule has 0 rings (SSSR count). The molecule has 0 radical (unpaired) electrons. The predicted molar refractivity (Wildman–Crippen MR) is 97.3 cm³/mol. The molecule has 0 aromatic heterocycles. The van der Waals surface area contributed by atoms with Crippen molar-refractivity contribution < 1.29 is 9.84 Å². The van der Waals surface area contributed by atoms with E-state index in [1.54, 1.807) is 6.08 Å². The molecule has 0 aliphatic rings. The molecule has 1 N–H and O–H groups in total. The zero-order chi connectivity index (χ0) is 16.3. The standard InChI is InChI=1S/C20H40O2/c1-3-5-6-7-8-9-10-11-12-13-14-15-16-17-20(19-21)22-18-4-2/h4,20-21H,2-3,5-19H2,1H3/t20-/m0/s1. The summed E-state index contributed by atoms with van der Waals surface area (Å²) in [5, 5.41) is 9.18. The van der Waals surface area contributed by atoms with Gasteiger partial charge in [0.05, 0.1) is 19.3 Å². The number of ether oxygens (including phenoxy) is 1. The molecule has 0 aromatic rings. The second-order valence-electron chi connectivity index (χ2n) is 6.46. The van der Waals surface area contributed by atoms with Crippen LogP contribution in [0.3, 0.4) is 0 Å². The lowest BCUT2D eigenvalue weighted by atomic mass is 10.0. The lowest BCUT2D eigenvalue weighted by molar-refractivity contribution is 0.0217. The van der Waals surface area contributed by atoms with Gasteiger partial charge in [-0.15, -0.1) is 6.58 Å². The molecule has 132 valence electrons. The molecule has 0 heterocycles. The quantitative estimate of drug-likeness (QED) is 0.247. The molecule has 0 fully saturated rings. The van der Waals surface area contributed by atoms with Gasteiger partial charge in [0.1, 0.15) is 0 Å². The van der Waals surface area contributed by atoms with Gasteiger partial charge in [0.15, 0.2) is 0 Å². The van der Waals surface area contributed by atoms with Crippen molar-refractivity contribution in [3.63, 3.8) is 0 Å². The van der Waals surface area contributed by atoms with E-state index in [1.165, 1.54) is 83.5 Å². The van der Waals surface area contributed by atoms with Crippen LogP contribution in [-0.2, 0) is 4.74 Å². The fourth-order valence-electron chi connectivity index (χ4n) is 2.82. The number of unbranched alkanes of at least 4 members (excludes halogenated alkanes) is 12. The molecule has 1 atom stereocenters. The van der Waals surface area contributed by atoms with E-state index in [4.69, 9.17) is 4.74 Å². The van der Waals surface area contributed by atoms with Gasteiger partial charge in [-0.25, -0.2) is 0 Å². The van der Waals surface area contributed by atoms with Crippen LogP contribution >= 0.6 is 0 Å². The van der Waals surface area contributed by atoms with Crippen LogP contribution in [0.1, 0.15) is 96.8 Å². The van der Waals surface area contributed by atoms with Crippen LogP contribution in [0.15, 0.2) is 12.7 Å². The lowest BCUT2D eigenvalue weighted by Crippen LogP contribution is -2.17. The average Bonchev–Trinajstić information content (AvgIpc) is 2.54. The number of hydrogen-bond acceptors (Lipinski definition) is 2. The van der Waals surface area contributed by atoms with Crippen molar-refractivity contribution in [3.8, 4) is 0 Å². The van der Waals surface area contributed by atoms with Gasteiger partial charge in [0.25, 0.3) is 0 Å². The van der Waals surface area contributed by atoms with Crippen molar-refractivity contribution in [1.29, 1.82) is 0 Å². The summed E-state index contributed by atoms with van der Waals surface area (Å²) >= 11 is 0. The fraction of sp³-hybridized carbons (Fsp3) is 0.900. The maximum absolute atomic E-state index is 9.18. The van der Waals surface area contributed by atoms with Crippen molar-refractivity contribution in [1.82, 2.24) is 0 Å². The monoisotopic (exact) mass is 312 g/mol. The van der Waals surface area contributed by atoms with E-state index in [-0.39, 0.29) is 12.7 Å². The molecule has 22 heavy (non-hydrogen) atoms. The second kappa shape index (κ2) is 18.7. The van der Waals surface area contributed by atoms with Crippen LogP contribution in [-0.4, -0.2) is 24.4 Å². The molecule has 0 unspecified atom stereocenters. The van der Waals surface area contributed by atoms with Crippen LogP contribution in [0.2, 0.25) is 0 Å². The van der Waals surface area contributed by atoms with E-state index >= 15 is 0 Å². The first kappa shape index (κ1) is 21.7. The van der Waals surface area contributed by atoms with Crippen LogP contribution in [0.4, 0.5) is 0 Å². The van der Waals surface area contributed by atoms with Crippen LogP contribution in [0, 0.1) is 0 Å². The Hall–Kier alpha value is -0.340. The number of rotatable bonds is 18. The Morgan fingerprint density at radius 3 is 1.68 bits per heavy atom. The highest BCUT2D eigenvalue weighted by Crippen LogP contribution is 2.13. The molecular formula is C20H40O2. The van der Waals surface area contributed by atoms with Gasteiger partial charge in [-0.2, -0.15) is 0 Å². The van der Waals surface area contributed by atoms with E-state index in [1.807, 2.05) is 0 Å². The largest absolute Gasteiger partial charge is 0.394 e. The Morgan fingerprint density at radius 2 is 1.27 bits per heavy atom. The molecule has 0 aromatic carbocycles. The molecule has 2 heteroatoms. The lowest BCUT2D eigenvalue weighted by Gasteiger charge is -2.13. The number of aliphatic hydroxyl groups is 1. The highest BCUT2D eigenvalue weighted by Gasteiger charge is 2.05. The van der Waals surface area contributed by atoms with Crippen molar-refractivity contribution in [3.05, 3.63) is 12.7 Å². The molecule has 0 bridgehead atoms. The molecule has 0 aliphatic heterocycles. The molecule has 0 amide bonds. The molecule has 0 saturated heterocycles. The zero-order valence-electron chi connectivity index (χ0n) is 15.0. The SMILES string of the molecule is C=CCO[C@H](CO)CCCCCCCCCCCCCCC. The van der Waals surface area contributed by atoms with Crippen LogP contribution in [0.5, 0.6) is 0 Å². The molecule has 0 spiro atoms. The highest BCUT2D eigenvalue weighted by molar-refractivity contribution is 4.66. The van der Waals surface area contributed by atoms with E-state index < -0.39 is 0 Å². The summed E-state index contributed by atoms with van der Waals surface area (Å²) in [5.74, 6) is 0. The summed E-state index contributed by atoms with van der Waals surface area (Å²) in [5.41, 5.74) is 0. The topological polar surface area (TPSA) is 29.5 Å². The Kier molecular flexibility index (Phi) is 18.4. The van der Waals surface area contributed by atoms with Gasteiger partial charge in [0.2, 0.25) is 0 Å². The summed E-state index contributed by atoms with van der Waals surface area (Å²) < 4.78 is 5.48. The first-order valence-corrected chi connectivity index (χ1v) is 9.68. The van der Waals surface area contributed by atoms with Gasteiger partial charge < -0.3 is 9.84 Å². The third-order valence-corrected chi connectivity index (χ3v) is 4.28. The first-order valence-electron chi connectivity index (χ1n) is 9.68. The predicted octanol–water partition coefficient (Wildman–Crippen LogP) is 6.03. The minimum Gasteiger partial charge on any atom is -0.394 e. The first-order chi connectivity index (χ1) is 10.8. The Balaban J connectivity index is 3.14. The summed E-state index contributed by atoms with van der Waals surface area (Å²) in [6.45, 7) is 6.58. The molecular weight excluding hydrogens is 272 g/mol. The number of hydrogen-bond donors (Lipinski definition) is 1. The Morgan fingerprint density at radius 1 is 0.818 bits per heavy atom. The van der Waals surface area contributed by atoms with E-state index in [0.717, 1.165) is 6.42 Å². The maximum Gasteiger partial charge on any atom is 0.0810 e. The van der Waals surface area contributed by atoms with Gasteiger partial charge in [-0.1, -0.05) is 96.5 Å². The van der Waals surface area contributed by atoms with Gasteiger partial charge >= 0.3 is 0 Å². The van der Waals surface area contributed by atoms with Gasteiger partial charge in [-0.3, -0.25) is 0 Å². The zero-order valence-corrected chi connectivity index (χ0v) is 15.0. The minimum atomic E-state index is 0.00529. The minimum absolute atomic E-state index is 0.00529. The van der Waals surface area contributed by atoms with Crippen molar-refractivity contribution in [2.75, 3.05) is 13.2 Å².